The third kappa shape index (κ3) is 13.3. The zero-order chi connectivity index (χ0) is 31.8. The van der Waals surface area contributed by atoms with Crippen LogP contribution >= 0.6 is 0 Å². The first-order valence-electron chi connectivity index (χ1n) is 12.2. The molecule has 1 aromatic carbocycles. The summed E-state index contributed by atoms with van der Waals surface area (Å²) in [6.45, 7) is -2.40. The molecule has 1 aromatic rings. The fraction of sp³-hybridized carbons (Fsp3) is 0.417. The number of aliphatic carboxylic acids is 3. The lowest BCUT2D eigenvalue weighted by atomic mass is 10.1. The fourth-order valence-electron chi connectivity index (χ4n) is 3.24. The van der Waals surface area contributed by atoms with Crippen molar-refractivity contribution in [1.82, 2.24) is 26.6 Å². The molecule has 0 saturated carbocycles. The highest BCUT2D eigenvalue weighted by molar-refractivity contribution is 5.95. The highest BCUT2D eigenvalue weighted by Crippen LogP contribution is 2.04. The number of carboxylic acid groups (broad SMARTS) is 3. The predicted octanol–water partition coefficient (Wildman–Crippen LogP) is -4.73. The van der Waals surface area contributed by atoms with Crippen LogP contribution in [0.4, 0.5) is 0 Å². The number of benzene rings is 1. The third-order valence-electron chi connectivity index (χ3n) is 5.34. The number of nitrogens with two attached hydrogens (primary N) is 1. The van der Waals surface area contributed by atoms with E-state index in [2.05, 4.69) is 16.0 Å². The van der Waals surface area contributed by atoms with Crippen LogP contribution in [0, 0.1) is 0 Å². The third-order valence-corrected chi connectivity index (χ3v) is 5.34. The zero-order valence-electron chi connectivity index (χ0n) is 22.1. The summed E-state index contributed by atoms with van der Waals surface area (Å²) in [6, 6.07) is 2.19. The first kappa shape index (κ1) is 34.9. The number of hydrogen-bond donors (Lipinski definition) is 10. The molecule has 0 aliphatic rings. The quantitative estimate of drug-likeness (QED) is 0.0762. The Morgan fingerprint density at radius 1 is 0.667 bits per heavy atom. The van der Waals surface area contributed by atoms with Crippen molar-refractivity contribution in [2.45, 2.75) is 43.4 Å². The minimum absolute atomic E-state index is 0.0675. The number of carbonyl (C=O) groups excluding carboxylic acids is 5. The number of hydrogen-bond acceptors (Lipinski definition) is 10. The summed E-state index contributed by atoms with van der Waals surface area (Å²) < 4.78 is 0. The van der Waals surface area contributed by atoms with E-state index in [1.54, 1.807) is 30.3 Å². The van der Waals surface area contributed by atoms with Gasteiger partial charge in [-0.15, -0.1) is 0 Å². The van der Waals surface area contributed by atoms with Gasteiger partial charge in [-0.3, -0.25) is 33.6 Å². The maximum atomic E-state index is 12.4. The summed E-state index contributed by atoms with van der Waals surface area (Å²) in [4.78, 5) is 94.2. The summed E-state index contributed by atoms with van der Waals surface area (Å²) in [5.41, 5.74) is 5.99. The van der Waals surface area contributed by atoms with Gasteiger partial charge in [0.25, 0.3) is 0 Å². The Morgan fingerprint density at radius 3 is 1.79 bits per heavy atom. The van der Waals surface area contributed by atoms with Crippen LogP contribution in [0.3, 0.4) is 0 Å². The number of rotatable bonds is 18. The van der Waals surface area contributed by atoms with Crippen molar-refractivity contribution in [3.63, 3.8) is 0 Å². The Kier molecular flexibility index (Phi) is 14.6. The van der Waals surface area contributed by atoms with E-state index < -0.39 is 104 Å². The monoisotopic (exact) mass is 596 g/mol. The number of carbonyl (C=O) groups is 8. The molecule has 0 saturated heterocycles. The van der Waals surface area contributed by atoms with Crippen LogP contribution in [0.15, 0.2) is 30.3 Å². The maximum absolute atomic E-state index is 12.4. The van der Waals surface area contributed by atoms with Crippen molar-refractivity contribution in [3.8, 4) is 0 Å². The van der Waals surface area contributed by atoms with Gasteiger partial charge in [0.05, 0.1) is 38.6 Å². The van der Waals surface area contributed by atoms with Crippen LogP contribution in [-0.4, -0.2) is 112 Å². The molecule has 0 aliphatic heterocycles. The second-order valence-corrected chi connectivity index (χ2v) is 8.75. The smallest absolute Gasteiger partial charge is 0.326 e. The molecule has 0 radical (unpaired) electrons. The van der Waals surface area contributed by atoms with Crippen molar-refractivity contribution in [2.75, 3.05) is 19.7 Å². The van der Waals surface area contributed by atoms with E-state index >= 15 is 0 Å². The van der Waals surface area contributed by atoms with E-state index in [1.807, 2.05) is 10.6 Å². The molecule has 0 aromatic heterocycles. The number of aliphatic hydroxyl groups excluding tert-OH is 1. The minimum Gasteiger partial charge on any atom is -0.481 e. The number of amides is 5. The molecule has 0 unspecified atom stereocenters. The van der Waals surface area contributed by atoms with Crippen LogP contribution in [0.25, 0.3) is 0 Å². The summed E-state index contributed by atoms with van der Waals surface area (Å²) in [5.74, 6) is -9.38. The molecule has 11 N–H and O–H groups in total. The Hall–Kier alpha value is -5.10. The first-order valence-corrected chi connectivity index (χ1v) is 12.2. The fourth-order valence-corrected chi connectivity index (χ4v) is 3.24. The summed E-state index contributed by atoms with van der Waals surface area (Å²) in [7, 11) is 0. The van der Waals surface area contributed by atoms with Crippen LogP contribution in [0.1, 0.15) is 18.4 Å². The van der Waals surface area contributed by atoms with Gasteiger partial charge in [-0.1, -0.05) is 30.3 Å². The summed E-state index contributed by atoms with van der Waals surface area (Å²) >= 11 is 0. The van der Waals surface area contributed by atoms with Gasteiger partial charge in [-0.25, -0.2) is 4.79 Å². The first-order chi connectivity index (χ1) is 19.7. The average Bonchev–Trinajstić information content (AvgIpc) is 2.92. The van der Waals surface area contributed by atoms with Crippen molar-refractivity contribution in [1.29, 1.82) is 0 Å². The number of nitrogens with one attached hydrogen (secondary N) is 5. The SMILES string of the molecule is N[C@@H](CC(=O)O)C(=O)N[C@@H](CC(=O)O)C(=O)NCC(=O)NCC(=O)N[C@@H](CO)C(=O)N[C@@H](Cc1ccccc1)C(=O)O. The van der Waals surface area contributed by atoms with Crippen molar-refractivity contribution in [2.24, 2.45) is 5.73 Å². The Bertz CT molecular complexity index is 1160. The van der Waals surface area contributed by atoms with Gasteiger partial charge < -0.3 is 52.7 Å². The largest absolute Gasteiger partial charge is 0.481 e. The Morgan fingerprint density at radius 2 is 1.24 bits per heavy atom. The molecule has 5 amide bonds. The van der Waals surface area contributed by atoms with Crippen LogP contribution in [-0.2, 0) is 44.8 Å². The molecule has 42 heavy (non-hydrogen) atoms. The second-order valence-electron chi connectivity index (χ2n) is 8.75. The molecule has 18 nitrogen and oxygen atoms in total. The van der Waals surface area contributed by atoms with E-state index in [4.69, 9.17) is 15.9 Å². The van der Waals surface area contributed by atoms with Crippen LogP contribution in [0.5, 0.6) is 0 Å². The van der Waals surface area contributed by atoms with Gasteiger partial charge in [0.1, 0.15) is 18.1 Å². The van der Waals surface area contributed by atoms with Gasteiger partial charge in [-0.05, 0) is 5.56 Å². The molecular formula is C24H32N6O12. The molecule has 0 spiro atoms. The van der Waals surface area contributed by atoms with Gasteiger partial charge >= 0.3 is 17.9 Å². The van der Waals surface area contributed by atoms with Gasteiger partial charge in [0.2, 0.25) is 29.5 Å². The van der Waals surface area contributed by atoms with E-state index in [0.29, 0.717) is 5.56 Å². The highest BCUT2D eigenvalue weighted by Gasteiger charge is 2.28. The lowest BCUT2D eigenvalue weighted by molar-refractivity contribution is -0.142. The molecule has 230 valence electrons. The molecule has 4 atom stereocenters. The lowest BCUT2D eigenvalue weighted by Gasteiger charge is -2.20. The van der Waals surface area contributed by atoms with Gasteiger partial charge in [-0.2, -0.15) is 0 Å². The topological polar surface area (TPSA) is 304 Å². The molecule has 0 aliphatic carbocycles. The van der Waals surface area contributed by atoms with E-state index in [-0.39, 0.29) is 6.42 Å². The normalized spacial score (nSPS) is 13.3. The molecule has 0 fully saturated rings. The molecule has 18 heteroatoms. The summed E-state index contributed by atoms with van der Waals surface area (Å²) in [5, 5.41) is 47.0. The lowest BCUT2D eigenvalue weighted by Crippen LogP contribution is -2.55. The molecular weight excluding hydrogens is 564 g/mol. The molecule has 0 heterocycles. The average molecular weight is 597 g/mol. The van der Waals surface area contributed by atoms with Crippen molar-refractivity contribution >= 4 is 47.4 Å². The van der Waals surface area contributed by atoms with Crippen molar-refractivity contribution in [3.05, 3.63) is 35.9 Å². The maximum Gasteiger partial charge on any atom is 0.326 e. The van der Waals surface area contributed by atoms with Crippen LogP contribution < -0.4 is 32.3 Å². The highest BCUT2D eigenvalue weighted by atomic mass is 16.4. The van der Waals surface area contributed by atoms with Gasteiger partial charge in [0.15, 0.2) is 0 Å². The minimum atomic E-state index is -1.70. The van der Waals surface area contributed by atoms with Crippen molar-refractivity contribution < 1.29 is 58.8 Å². The summed E-state index contributed by atoms with van der Waals surface area (Å²) in [6.07, 6.45) is -1.77. The van der Waals surface area contributed by atoms with E-state index in [1.165, 1.54) is 0 Å². The van der Waals surface area contributed by atoms with E-state index in [9.17, 15) is 48.6 Å². The zero-order valence-corrected chi connectivity index (χ0v) is 22.1. The Balaban J connectivity index is 2.59. The standard InChI is InChI=1S/C24H32N6O12/c25-13(7-19(34)35)21(38)29-14(8-20(36)37)22(39)27-9-17(32)26-10-18(33)28-16(11-31)23(40)30-15(24(41)42)6-12-4-2-1-3-5-12/h1-5,13-16,31H,6-11,25H2,(H,26,32)(H,27,39)(H,28,33)(H,29,38)(H,30,40)(H,34,35)(H,36,37)(H,41,42)/t13-,14-,15-,16-/m0/s1. The number of carboxylic acids is 3. The Labute approximate surface area is 238 Å². The van der Waals surface area contributed by atoms with E-state index in [0.717, 1.165) is 0 Å². The van der Waals surface area contributed by atoms with Crippen LogP contribution in [0.2, 0.25) is 0 Å². The predicted molar refractivity (Wildman–Crippen MR) is 139 cm³/mol. The molecule has 0 bridgehead atoms. The van der Waals surface area contributed by atoms with Gasteiger partial charge in [0, 0.05) is 6.42 Å². The molecule has 1 rings (SSSR count). The number of aliphatic hydroxyl groups is 1. The second kappa shape index (κ2) is 17.6.